The highest BCUT2D eigenvalue weighted by Crippen LogP contribution is 2.35. The summed E-state index contributed by atoms with van der Waals surface area (Å²) in [5.41, 5.74) is -0.0704. The first-order valence-corrected chi connectivity index (χ1v) is 9.90. The molecule has 1 aromatic rings. The molecule has 0 radical (unpaired) electrons. The number of carbonyl (C=O) groups is 2. The Morgan fingerprint density at radius 3 is 2.10 bits per heavy atom. The van der Waals surface area contributed by atoms with E-state index in [1.54, 1.807) is 12.1 Å². The second-order valence-electron chi connectivity index (χ2n) is 7.52. The molecule has 0 aromatic heterocycles. The number of hydrogen-bond donors (Lipinski definition) is 3. The van der Waals surface area contributed by atoms with Crippen molar-refractivity contribution in [2.75, 3.05) is 19.6 Å². The first kappa shape index (κ1) is 23.9. The Labute approximate surface area is 173 Å². The third-order valence-electron chi connectivity index (χ3n) is 5.08. The predicted molar refractivity (Wildman–Crippen MR) is 105 cm³/mol. The van der Waals surface area contributed by atoms with Gasteiger partial charge in [-0.15, -0.1) is 0 Å². The average Bonchev–Trinajstić information content (AvgIpc) is 3.51. The average molecular weight is 428 g/mol. The van der Waals surface area contributed by atoms with E-state index in [0.717, 1.165) is 32.5 Å². The van der Waals surface area contributed by atoms with E-state index in [1.807, 2.05) is 0 Å². The monoisotopic (exact) mass is 428 g/mol. The van der Waals surface area contributed by atoms with Crippen molar-refractivity contribution < 1.29 is 33.0 Å². The van der Waals surface area contributed by atoms with E-state index >= 15 is 0 Å². The van der Waals surface area contributed by atoms with Crippen LogP contribution in [0.3, 0.4) is 0 Å². The molecule has 1 aliphatic carbocycles. The first-order chi connectivity index (χ1) is 14.2. The number of benzene rings is 1. The van der Waals surface area contributed by atoms with Gasteiger partial charge in [0.25, 0.3) is 0 Å². The van der Waals surface area contributed by atoms with Crippen LogP contribution in [0, 0.1) is 5.92 Å². The number of hydrogen-bond acceptors (Lipinski definition) is 4. The quantitative estimate of drug-likeness (QED) is 0.577. The molecule has 30 heavy (non-hydrogen) atoms. The number of carboxylic acids is 2. The van der Waals surface area contributed by atoms with Crippen LogP contribution in [0.2, 0.25) is 0 Å². The van der Waals surface area contributed by atoms with Gasteiger partial charge in [-0.1, -0.05) is 18.2 Å². The molecule has 166 valence electrons. The highest BCUT2D eigenvalue weighted by atomic mass is 19.4. The van der Waals surface area contributed by atoms with Crippen molar-refractivity contribution in [3.63, 3.8) is 0 Å². The van der Waals surface area contributed by atoms with Gasteiger partial charge in [0, 0.05) is 31.3 Å². The lowest BCUT2D eigenvalue weighted by atomic mass is 10.0. The zero-order chi connectivity index (χ0) is 22.1. The van der Waals surface area contributed by atoms with Gasteiger partial charge >= 0.3 is 18.1 Å². The maximum atomic E-state index is 13.2. The van der Waals surface area contributed by atoms with Crippen molar-refractivity contribution in [3.8, 4) is 0 Å². The molecule has 1 aromatic carbocycles. The number of piperidine rings is 1. The van der Waals surface area contributed by atoms with Crippen LogP contribution < -0.4 is 5.32 Å². The zero-order valence-electron chi connectivity index (χ0n) is 16.6. The summed E-state index contributed by atoms with van der Waals surface area (Å²) in [7, 11) is 0. The Hall–Kier alpha value is -2.39. The van der Waals surface area contributed by atoms with Crippen molar-refractivity contribution in [1.82, 2.24) is 10.2 Å². The van der Waals surface area contributed by atoms with Crippen molar-refractivity contribution in [3.05, 3.63) is 47.5 Å². The van der Waals surface area contributed by atoms with Gasteiger partial charge in [-0.25, -0.2) is 9.59 Å². The van der Waals surface area contributed by atoms with E-state index in [4.69, 9.17) is 10.2 Å². The van der Waals surface area contributed by atoms with Gasteiger partial charge in [0.15, 0.2) is 0 Å². The summed E-state index contributed by atoms with van der Waals surface area (Å²) in [6.45, 7) is 3.28. The summed E-state index contributed by atoms with van der Waals surface area (Å²) in [6.07, 6.45) is 1.35. The van der Waals surface area contributed by atoms with E-state index in [0.29, 0.717) is 36.2 Å². The molecule has 1 aliphatic heterocycles. The highest BCUT2D eigenvalue weighted by molar-refractivity contribution is 5.89. The van der Waals surface area contributed by atoms with Crippen LogP contribution in [0.1, 0.15) is 36.8 Å². The molecular weight excluding hydrogens is 401 g/mol. The molecule has 0 spiro atoms. The highest BCUT2D eigenvalue weighted by Gasteiger charge is 2.35. The number of nitrogens with one attached hydrogen (secondary N) is 1. The van der Waals surface area contributed by atoms with Gasteiger partial charge in [-0.3, -0.25) is 4.90 Å². The lowest BCUT2D eigenvalue weighted by molar-refractivity contribution is -0.138. The number of alkyl halides is 3. The third kappa shape index (κ3) is 8.54. The summed E-state index contributed by atoms with van der Waals surface area (Å²) in [6, 6.07) is 6.42. The third-order valence-corrected chi connectivity index (χ3v) is 5.08. The molecule has 3 rings (SSSR count). The van der Waals surface area contributed by atoms with Crippen LogP contribution in [-0.4, -0.2) is 52.7 Å². The number of nitrogens with zero attached hydrogens (tertiary/aromatic N) is 1. The van der Waals surface area contributed by atoms with Crippen molar-refractivity contribution in [1.29, 1.82) is 0 Å². The Kier molecular flexibility index (Phi) is 8.86. The van der Waals surface area contributed by atoms with Gasteiger partial charge in [0.05, 0.1) is 5.56 Å². The number of halogens is 3. The maximum Gasteiger partial charge on any atom is 0.416 e. The number of aliphatic carboxylic acids is 2. The molecule has 1 heterocycles. The minimum atomic E-state index is -4.27. The summed E-state index contributed by atoms with van der Waals surface area (Å²) in [5, 5.41) is 19.0. The Morgan fingerprint density at radius 1 is 1.03 bits per heavy atom. The Balaban J connectivity index is 0.000000343. The number of carboxylic acid groups (broad SMARTS) is 2. The molecule has 0 unspecified atom stereocenters. The second kappa shape index (κ2) is 11.1. The van der Waals surface area contributed by atoms with Crippen LogP contribution in [-0.2, 0) is 22.3 Å². The van der Waals surface area contributed by atoms with E-state index in [9.17, 15) is 22.8 Å². The first-order valence-electron chi connectivity index (χ1n) is 9.90. The maximum absolute atomic E-state index is 13.2. The van der Waals surface area contributed by atoms with Crippen LogP contribution in [0.5, 0.6) is 0 Å². The summed E-state index contributed by atoms with van der Waals surface area (Å²) in [5.74, 6) is -1.83. The van der Waals surface area contributed by atoms with E-state index in [2.05, 4.69) is 10.2 Å². The fraction of sp³-hybridized carbons (Fsp3) is 0.524. The Bertz CT molecular complexity index is 726. The van der Waals surface area contributed by atoms with Crippen LogP contribution in [0.4, 0.5) is 13.2 Å². The minimum absolute atomic E-state index is 0.406. The van der Waals surface area contributed by atoms with Gasteiger partial charge in [-0.05, 0) is 56.3 Å². The summed E-state index contributed by atoms with van der Waals surface area (Å²) < 4.78 is 39.6. The second-order valence-corrected chi connectivity index (χ2v) is 7.52. The van der Waals surface area contributed by atoms with Crippen LogP contribution in [0.25, 0.3) is 0 Å². The van der Waals surface area contributed by atoms with Crippen molar-refractivity contribution in [2.45, 2.75) is 44.4 Å². The zero-order valence-corrected chi connectivity index (χ0v) is 16.6. The van der Waals surface area contributed by atoms with Crippen molar-refractivity contribution >= 4 is 11.9 Å². The predicted octanol–water partition coefficient (Wildman–Crippen LogP) is 3.38. The van der Waals surface area contributed by atoms with E-state index in [1.165, 1.54) is 25.0 Å². The molecule has 0 amide bonds. The summed E-state index contributed by atoms with van der Waals surface area (Å²) >= 11 is 0. The fourth-order valence-electron chi connectivity index (χ4n) is 3.44. The molecule has 2 aliphatic rings. The molecule has 1 saturated carbocycles. The number of rotatable bonds is 7. The van der Waals surface area contributed by atoms with E-state index < -0.39 is 23.7 Å². The minimum Gasteiger partial charge on any atom is -0.478 e. The smallest absolute Gasteiger partial charge is 0.416 e. The molecule has 9 heteroatoms. The largest absolute Gasteiger partial charge is 0.478 e. The van der Waals surface area contributed by atoms with E-state index in [-0.39, 0.29) is 0 Å². The molecule has 2 fully saturated rings. The molecule has 0 bridgehead atoms. The van der Waals surface area contributed by atoms with Crippen LogP contribution >= 0.6 is 0 Å². The van der Waals surface area contributed by atoms with Gasteiger partial charge in [-0.2, -0.15) is 13.2 Å². The SMILES string of the molecule is FC(F)(F)c1ccccc1CN(CC1CC1)C1CCNCC1.O=C(O)C=CC(=O)O. The topological polar surface area (TPSA) is 89.9 Å². The lowest BCUT2D eigenvalue weighted by Crippen LogP contribution is -2.43. The molecular formula is C21H27F3N2O4. The fourth-order valence-corrected chi connectivity index (χ4v) is 3.44. The van der Waals surface area contributed by atoms with Gasteiger partial charge in [0.2, 0.25) is 0 Å². The van der Waals surface area contributed by atoms with Crippen LogP contribution in [0.15, 0.2) is 36.4 Å². The standard InChI is InChI=1S/C17H23F3N2.C4H4O4/c18-17(19,20)16-4-2-1-3-14(16)12-22(11-13-5-6-13)15-7-9-21-10-8-15;5-3(6)1-2-4(7)8/h1-4,13,15,21H,5-12H2;1-2H,(H,5,6)(H,7,8). The molecule has 6 nitrogen and oxygen atoms in total. The lowest BCUT2D eigenvalue weighted by Gasteiger charge is -2.35. The molecule has 0 atom stereocenters. The van der Waals surface area contributed by atoms with Crippen molar-refractivity contribution in [2.24, 2.45) is 5.92 Å². The Morgan fingerprint density at radius 2 is 1.60 bits per heavy atom. The molecule has 1 saturated heterocycles. The van der Waals surface area contributed by atoms with Gasteiger partial charge < -0.3 is 15.5 Å². The van der Waals surface area contributed by atoms with Gasteiger partial charge in [0.1, 0.15) is 0 Å². The molecule has 3 N–H and O–H groups in total. The summed E-state index contributed by atoms with van der Waals surface area (Å²) in [4.78, 5) is 21.4. The normalized spacial score (nSPS) is 17.6.